The lowest BCUT2D eigenvalue weighted by Gasteiger charge is -2.17. The molecule has 22 heavy (non-hydrogen) atoms. The van der Waals surface area contributed by atoms with Crippen molar-refractivity contribution in [1.29, 1.82) is 5.26 Å². The number of aryl methyl sites for hydroxylation is 1. The molecule has 0 fully saturated rings. The number of pyridine rings is 1. The number of aromatic nitrogens is 1. The number of nitriles is 1. The van der Waals surface area contributed by atoms with Crippen molar-refractivity contribution in [3.05, 3.63) is 56.8 Å². The Kier molecular flexibility index (Phi) is 3.79. The first-order valence-electron chi connectivity index (χ1n) is 6.17. The Balaban J connectivity index is 2.95. The van der Waals surface area contributed by atoms with Gasteiger partial charge >= 0.3 is 6.18 Å². The molecule has 0 amide bonds. The second-order valence-electron chi connectivity index (χ2n) is 4.77. The van der Waals surface area contributed by atoms with E-state index in [4.69, 9.17) is 5.26 Å². The van der Waals surface area contributed by atoms with Gasteiger partial charge in [-0.2, -0.15) is 18.4 Å². The van der Waals surface area contributed by atoms with E-state index >= 15 is 0 Å². The van der Waals surface area contributed by atoms with Crippen molar-refractivity contribution in [3.63, 3.8) is 0 Å². The highest BCUT2D eigenvalue weighted by molar-refractivity contribution is 5.75. The SMILES string of the molecule is Cc1cc(-c2ccc(F)c(C)c2C(F)(F)F)c(C#N)c(=O)[nH]1. The fourth-order valence-corrected chi connectivity index (χ4v) is 2.29. The van der Waals surface area contributed by atoms with E-state index in [0.717, 1.165) is 19.1 Å². The van der Waals surface area contributed by atoms with Gasteiger partial charge in [0, 0.05) is 11.3 Å². The maximum absolute atomic E-state index is 13.5. The van der Waals surface area contributed by atoms with Crippen molar-refractivity contribution in [2.24, 2.45) is 0 Å². The molecule has 0 saturated carbocycles. The Morgan fingerprint density at radius 2 is 1.82 bits per heavy atom. The summed E-state index contributed by atoms with van der Waals surface area (Å²) in [6, 6.07) is 4.68. The highest BCUT2D eigenvalue weighted by Gasteiger charge is 2.37. The van der Waals surface area contributed by atoms with Gasteiger partial charge in [0.05, 0.1) is 5.56 Å². The van der Waals surface area contributed by atoms with Crippen LogP contribution in [0.3, 0.4) is 0 Å². The monoisotopic (exact) mass is 310 g/mol. The van der Waals surface area contributed by atoms with Crippen molar-refractivity contribution in [2.75, 3.05) is 0 Å². The van der Waals surface area contributed by atoms with Gasteiger partial charge in [-0.05, 0) is 37.1 Å². The van der Waals surface area contributed by atoms with Crippen molar-refractivity contribution in [2.45, 2.75) is 20.0 Å². The average Bonchev–Trinajstić information content (AvgIpc) is 2.39. The summed E-state index contributed by atoms with van der Waals surface area (Å²) in [5, 5.41) is 9.04. The van der Waals surface area contributed by atoms with Gasteiger partial charge in [0.2, 0.25) is 0 Å². The van der Waals surface area contributed by atoms with E-state index in [1.807, 2.05) is 0 Å². The Morgan fingerprint density at radius 1 is 1.18 bits per heavy atom. The van der Waals surface area contributed by atoms with E-state index in [1.165, 1.54) is 13.0 Å². The molecule has 2 rings (SSSR count). The maximum Gasteiger partial charge on any atom is 0.417 e. The van der Waals surface area contributed by atoms with E-state index in [1.54, 1.807) is 6.07 Å². The quantitative estimate of drug-likeness (QED) is 0.817. The van der Waals surface area contributed by atoms with Crippen molar-refractivity contribution >= 4 is 0 Å². The number of hydrogen-bond acceptors (Lipinski definition) is 2. The van der Waals surface area contributed by atoms with Gasteiger partial charge in [-0.15, -0.1) is 0 Å². The van der Waals surface area contributed by atoms with Gasteiger partial charge in [0.25, 0.3) is 5.56 Å². The van der Waals surface area contributed by atoms with Gasteiger partial charge in [0.15, 0.2) is 0 Å². The third-order valence-electron chi connectivity index (χ3n) is 3.25. The molecule has 0 aliphatic carbocycles. The minimum absolute atomic E-state index is 0.167. The molecule has 0 saturated heterocycles. The highest BCUT2D eigenvalue weighted by atomic mass is 19.4. The largest absolute Gasteiger partial charge is 0.417 e. The number of benzene rings is 1. The lowest BCUT2D eigenvalue weighted by Crippen LogP contribution is -2.16. The minimum atomic E-state index is -4.81. The Hall–Kier alpha value is -2.62. The van der Waals surface area contributed by atoms with Crippen molar-refractivity contribution in [1.82, 2.24) is 4.98 Å². The minimum Gasteiger partial charge on any atom is -0.325 e. The van der Waals surface area contributed by atoms with E-state index in [-0.39, 0.29) is 5.56 Å². The van der Waals surface area contributed by atoms with E-state index in [2.05, 4.69) is 4.98 Å². The number of halogens is 4. The lowest BCUT2D eigenvalue weighted by molar-refractivity contribution is -0.137. The molecule has 0 aliphatic heterocycles. The van der Waals surface area contributed by atoms with Crippen LogP contribution in [0.25, 0.3) is 11.1 Å². The molecular weight excluding hydrogens is 300 g/mol. The van der Waals surface area contributed by atoms with Gasteiger partial charge in [-0.25, -0.2) is 4.39 Å². The smallest absolute Gasteiger partial charge is 0.325 e. The third-order valence-corrected chi connectivity index (χ3v) is 3.25. The van der Waals surface area contributed by atoms with Crippen LogP contribution < -0.4 is 5.56 Å². The summed E-state index contributed by atoms with van der Waals surface area (Å²) in [5.74, 6) is -1.00. The summed E-state index contributed by atoms with van der Waals surface area (Å²) >= 11 is 0. The van der Waals surface area contributed by atoms with Crippen LogP contribution in [0, 0.1) is 31.0 Å². The maximum atomic E-state index is 13.5. The van der Waals surface area contributed by atoms with Gasteiger partial charge < -0.3 is 4.98 Å². The molecule has 0 unspecified atom stereocenters. The predicted octanol–water partition coefficient (Wildman–Crippen LogP) is 3.69. The standard InChI is InChI=1S/C15H10F4N2O/c1-7-5-10(11(6-20)14(22)21-7)9-3-4-12(16)8(2)13(9)15(17,18)19/h3-5H,1-2H3,(H,21,22). The number of nitrogens with one attached hydrogen (secondary N) is 1. The van der Waals surface area contributed by atoms with Gasteiger partial charge in [-0.3, -0.25) is 4.79 Å². The summed E-state index contributed by atoms with van der Waals surface area (Å²) in [6.45, 7) is 2.49. The van der Waals surface area contributed by atoms with Crippen LogP contribution in [0.5, 0.6) is 0 Å². The number of nitrogens with zero attached hydrogens (tertiary/aromatic N) is 1. The second-order valence-corrected chi connectivity index (χ2v) is 4.77. The van der Waals surface area contributed by atoms with Gasteiger partial charge in [-0.1, -0.05) is 6.07 Å². The molecule has 114 valence electrons. The van der Waals surface area contributed by atoms with Crippen LogP contribution in [0.4, 0.5) is 17.6 Å². The summed E-state index contributed by atoms with van der Waals surface area (Å²) in [6.07, 6.45) is -4.81. The number of alkyl halides is 3. The van der Waals surface area contributed by atoms with Crippen LogP contribution in [-0.2, 0) is 6.18 Å². The molecule has 0 atom stereocenters. The summed E-state index contributed by atoms with van der Waals surface area (Å²) < 4.78 is 53.3. The second kappa shape index (κ2) is 5.30. The number of hydrogen-bond donors (Lipinski definition) is 1. The molecule has 0 aliphatic rings. The molecule has 1 heterocycles. The van der Waals surface area contributed by atoms with Gasteiger partial charge in [0.1, 0.15) is 17.4 Å². The van der Waals surface area contributed by atoms with E-state index < -0.39 is 39.8 Å². The van der Waals surface area contributed by atoms with Crippen LogP contribution in [0.15, 0.2) is 23.0 Å². The van der Waals surface area contributed by atoms with Crippen LogP contribution >= 0.6 is 0 Å². The summed E-state index contributed by atoms with van der Waals surface area (Å²) in [7, 11) is 0. The zero-order valence-corrected chi connectivity index (χ0v) is 11.6. The molecule has 2 aromatic rings. The first kappa shape index (κ1) is 15.8. The first-order valence-corrected chi connectivity index (χ1v) is 6.17. The zero-order valence-electron chi connectivity index (χ0n) is 11.6. The average molecular weight is 310 g/mol. The third kappa shape index (κ3) is 2.60. The first-order chi connectivity index (χ1) is 10.2. The number of H-pyrrole nitrogens is 1. The molecule has 1 aromatic carbocycles. The normalized spacial score (nSPS) is 11.3. The fraction of sp³-hybridized carbons (Fsp3) is 0.200. The fourth-order valence-electron chi connectivity index (χ4n) is 2.29. The predicted molar refractivity (Wildman–Crippen MR) is 71.6 cm³/mol. The molecule has 0 spiro atoms. The van der Waals surface area contributed by atoms with Crippen molar-refractivity contribution in [3.8, 4) is 17.2 Å². The Labute approximate surface area is 122 Å². The van der Waals surface area contributed by atoms with E-state index in [0.29, 0.717) is 5.69 Å². The molecule has 1 N–H and O–H groups in total. The highest BCUT2D eigenvalue weighted by Crippen LogP contribution is 2.40. The molecule has 3 nitrogen and oxygen atoms in total. The molecule has 7 heteroatoms. The zero-order chi connectivity index (χ0) is 16.7. The van der Waals surface area contributed by atoms with Crippen LogP contribution in [-0.4, -0.2) is 4.98 Å². The molecular formula is C15H10F4N2O. The van der Waals surface area contributed by atoms with E-state index in [9.17, 15) is 22.4 Å². The lowest BCUT2D eigenvalue weighted by atomic mass is 9.92. The number of aromatic amines is 1. The van der Waals surface area contributed by atoms with Crippen molar-refractivity contribution < 1.29 is 17.6 Å². The molecule has 1 aromatic heterocycles. The Morgan fingerprint density at radius 3 is 2.36 bits per heavy atom. The van der Waals surface area contributed by atoms with Crippen LogP contribution in [0.2, 0.25) is 0 Å². The molecule has 0 radical (unpaired) electrons. The van der Waals surface area contributed by atoms with Crippen LogP contribution in [0.1, 0.15) is 22.4 Å². The molecule has 0 bridgehead atoms. The Bertz CT molecular complexity index is 844. The summed E-state index contributed by atoms with van der Waals surface area (Å²) in [5.41, 5.74) is -3.25. The number of rotatable bonds is 1. The summed E-state index contributed by atoms with van der Waals surface area (Å²) in [4.78, 5) is 14.1. The topological polar surface area (TPSA) is 56.6 Å².